The van der Waals surface area contributed by atoms with Crippen molar-refractivity contribution >= 4 is 98.8 Å². The van der Waals surface area contributed by atoms with Gasteiger partial charge < -0.3 is 15.3 Å². The first-order chi connectivity index (χ1) is 16.9. The number of aliphatic carboxylic acids is 1. The van der Waals surface area contributed by atoms with Gasteiger partial charge in [-0.3, -0.25) is 4.79 Å². The van der Waals surface area contributed by atoms with Crippen molar-refractivity contribution < 1.29 is 29.7 Å². The van der Waals surface area contributed by atoms with E-state index in [1.165, 1.54) is 12.1 Å². The number of benzene rings is 4. The molecule has 0 atom stereocenters. The summed E-state index contributed by atoms with van der Waals surface area (Å²) in [5, 5.41) is 31.2. The number of phenols is 1. The molecule has 1 aliphatic carbocycles. The van der Waals surface area contributed by atoms with Gasteiger partial charge in [0.2, 0.25) is 5.78 Å². The molecule has 37 heavy (non-hydrogen) atoms. The monoisotopic (exact) mass is 508 g/mol. The number of rotatable bonds is 4. The van der Waals surface area contributed by atoms with Crippen LogP contribution in [0.2, 0.25) is 0 Å². The second-order valence-electron chi connectivity index (χ2n) is 8.06. The van der Waals surface area contributed by atoms with Gasteiger partial charge in [-0.15, -0.1) is 0 Å². The number of Topliss-reactive ketones (excluding diaryl/α,β-unsaturated/α-hetero) is 1. The molecule has 0 unspecified atom stereocenters. The number of carbonyl (C=O) groups is 3. The predicted molar refractivity (Wildman–Crippen MR) is 143 cm³/mol. The summed E-state index contributed by atoms with van der Waals surface area (Å²) in [5.74, 6) is -3.59. The molecule has 0 bridgehead atoms. The molecular weight excluding hydrogens is 490 g/mol. The van der Waals surface area contributed by atoms with Crippen LogP contribution in [0.5, 0.6) is 5.75 Å². The fourth-order valence-electron chi connectivity index (χ4n) is 4.51. The average molecular weight is 508 g/mol. The van der Waals surface area contributed by atoms with Gasteiger partial charge in [-0.25, -0.2) is 9.59 Å². The van der Waals surface area contributed by atoms with E-state index in [-0.39, 0.29) is 81.6 Å². The van der Waals surface area contributed by atoms with Gasteiger partial charge in [-0.1, -0.05) is 78.9 Å². The topological polar surface area (TPSA) is 112 Å². The van der Waals surface area contributed by atoms with Gasteiger partial charge in [-0.2, -0.15) is 0 Å². The minimum Gasteiger partial charge on any atom is -0.506 e. The number of carboxylic acids is 2. The molecule has 4 aromatic rings. The van der Waals surface area contributed by atoms with Crippen molar-refractivity contribution in [2.45, 2.75) is 0 Å². The van der Waals surface area contributed by atoms with Crippen LogP contribution in [0.3, 0.4) is 0 Å². The summed E-state index contributed by atoms with van der Waals surface area (Å²) in [6.07, 6.45) is 1.34. The molecule has 0 aliphatic heterocycles. The predicted octanol–water partition coefficient (Wildman–Crippen LogP) is 4.65. The van der Waals surface area contributed by atoms with Crippen molar-refractivity contribution in [3.63, 3.8) is 0 Å². The standard InChI is InChI=1S/C29H18O6.2Na/c30-26-19-12-6-4-10-17(19)21(14-23(26)28(32)33)25(16-8-2-1-3-9-16)22-15-24(29(34)35)27(31)20-13-7-5-11-18(20)22;;/h1-15,30H,(H,32,33)(H,34,35);;/b25-22-;;. The third-order valence-electron chi connectivity index (χ3n) is 6.07. The van der Waals surface area contributed by atoms with Crippen molar-refractivity contribution in [3.05, 3.63) is 124 Å². The number of carbonyl (C=O) groups excluding carboxylic acids is 1. The van der Waals surface area contributed by atoms with E-state index >= 15 is 0 Å². The average Bonchev–Trinajstić information content (AvgIpc) is 2.87. The van der Waals surface area contributed by atoms with Crippen LogP contribution in [0.4, 0.5) is 0 Å². The molecule has 0 saturated carbocycles. The van der Waals surface area contributed by atoms with Crippen LogP contribution < -0.4 is 0 Å². The summed E-state index contributed by atoms with van der Waals surface area (Å²) in [4.78, 5) is 36.9. The second-order valence-corrected chi connectivity index (χ2v) is 8.06. The van der Waals surface area contributed by atoms with Crippen LogP contribution in [-0.2, 0) is 4.79 Å². The number of hydrogen-bond acceptors (Lipinski definition) is 4. The Kier molecular flexibility index (Phi) is 8.97. The summed E-state index contributed by atoms with van der Waals surface area (Å²) < 4.78 is 0. The molecule has 0 spiro atoms. The van der Waals surface area contributed by atoms with E-state index < -0.39 is 17.7 Å². The van der Waals surface area contributed by atoms with Crippen LogP contribution in [0.15, 0.2) is 96.6 Å². The van der Waals surface area contributed by atoms with E-state index in [2.05, 4.69) is 0 Å². The first kappa shape index (κ1) is 28.6. The number of hydrogen-bond donors (Lipinski definition) is 3. The molecule has 2 radical (unpaired) electrons. The van der Waals surface area contributed by atoms with Crippen LogP contribution in [0, 0.1) is 0 Å². The number of ketones is 1. The van der Waals surface area contributed by atoms with Crippen molar-refractivity contribution in [1.29, 1.82) is 0 Å². The minimum absolute atomic E-state index is 0. The van der Waals surface area contributed by atoms with E-state index in [4.69, 9.17) is 0 Å². The first-order valence-electron chi connectivity index (χ1n) is 10.8. The zero-order chi connectivity index (χ0) is 24.7. The molecule has 1 aliphatic rings. The van der Waals surface area contributed by atoms with Crippen molar-refractivity contribution in [3.8, 4) is 5.75 Å². The molecule has 0 fully saturated rings. The Morgan fingerprint density at radius 3 is 1.84 bits per heavy atom. The number of carboxylic acid groups (broad SMARTS) is 2. The maximum atomic E-state index is 12.9. The molecule has 5 rings (SSSR count). The molecule has 0 saturated heterocycles. The van der Waals surface area contributed by atoms with E-state index in [1.54, 1.807) is 48.5 Å². The Hall–Kier alpha value is -2.97. The Morgan fingerprint density at radius 2 is 1.22 bits per heavy atom. The molecule has 0 aromatic heterocycles. The molecule has 0 amide bonds. The van der Waals surface area contributed by atoms with Gasteiger partial charge in [0.05, 0.1) is 0 Å². The molecule has 0 heterocycles. The van der Waals surface area contributed by atoms with Gasteiger partial charge in [-0.05, 0) is 45.4 Å². The van der Waals surface area contributed by atoms with E-state index in [9.17, 15) is 29.7 Å². The summed E-state index contributed by atoms with van der Waals surface area (Å²) in [5.41, 5.74) is 2.32. The van der Waals surface area contributed by atoms with Gasteiger partial charge in [0.15, 0.2) is 0 Å². The van der Waals surface area contributed by atoms with E-state index in [1.807, 2.05) is 30.3 Å². The van der Waals surface area contributed by atoms with Crippen molar-refractivity contribution in [1.82, 2.24) is 0 Å². The fraction of sp³-hybridized carbons (Fsp3) is 0. The quantitative estimate of drug-likeness (QED) is 0.273. The van der Waals surface area contributed by atoms with Crippen molar-refractivity contribution in [2.24, 2.45) is 0 Å². The third kappa shape index (κ3) is 5.09. The van der Waals surface area contributed by atoms with Crippen LogP contribution in [0.1, 0.15) is 37.4 Å². The molecule has 4 aromatic carbocycles. The van der Waals surface area contributed by atoms with E-state index in [0.29, 0.717) is 38.6 Å². The van der Waals surface area contributed by atoms with Crippen molar-refractivity contribution in [2.75, 3.05) is 0 Å². The SMILES string of the molecule is O=C(O)C1=C/C(=C(\c2ccccc2)c2cc(C(=O)O)c(O)c3ccccc23)c2ccccc2C1=O.[Na].[Na]. The van der Waals surface area contributed by atoms with Gasteiger partial charge >= 0.3 is 11.9 Å². The molecular formula is C29H18Na2O6. The maximum absolute atomic E-state index is 12.9. The summed E-state index contributed by atoms with van der Waals surface area (Å²) >= 11 is 0. The molecule has 3 N–H and O–H groups in total. The van der Waals surface area contributed by atoms with Gasteiger partial charge in [0.1, 0.15) is 16.9 Å². The maximum Gasteiger partial charge on any atom is 0.339 e. The summed E-state index contributed by atoms with van der Waals surface area (Å²) in [6.45, 7) is 0. The fourth-order valence-corrected chi connectivity index (χ4v) is 4.51. The van der Waals surface area contributed by atoms with Crippen LogP contribution >= 0.6 is 0 Å². The smallest absolute Gasteiger partial charge is 0.339 e. The minimum atomic E-state index is -1.35. The molecule has 6 nitrogen and oxygen atoms in total. The zero-order valence-corrected chi connectivity index (χ0v) is 24.2. The Morgan fingerprint density at radius 1 is 0.649 bits per heavy atom. The Bertz CT molecular complexity index is 1620. The first-order valence-corrected chi connectivity index (χ1v) is 10.8. The van der Waals surface area contributed by atoms with Gasteiger partial charge in [0, 0.05) is 70.1 Å². The van der Waals surface area contributed by atoms with Crippen LogP contribution in [-0.4, -0.2) is 92.2 Å². The van der Waals surface area contributed by atoms with Gasteiger partial charge in [0.25, 0.3) is 0 Å². The molecule has 172 valence electrons. The number of aromatic carboxylic acids is 1. The normalized spacial score (nSPS) is 13.5. The number of allylic oxidation sites excluding steroid dienone is 2. The Balaban J connectivity index is 0.00000190. The largest absolute Gasteiger partial charge is 0.506 e. The number of aromatic hydroxyl groups is 1. The van der Waals surface area contributed by atoms with Crippen LogP contribution in [0.25, 0.3) is 21.9 Å². The third-order valence-corrected chi connectivity index (χ3v) is 6.07. The molecule has 8 heteroatoms. The van der Waals surface area contributed by atoms with E-state index in [0.717, 1.165) is 0 Å². The summed E-state index contributed by atoms with van der Waals surface area (Å²) in [7, 11) is 0. The second kappa shape index (κ2) is 11.6. The Labute approximate surface area is 256 Å². The zero-order valence-electron chi connectivity index (χ0n) is 20.2. The summed E-state index contributed by atoms with van der Waals surface area (Å²) in [6, 6.07) is 24.1. The number of fused-ring (bicyclic) bond motifs is 2.